The van der Waals surface area contributed by atoms with E-state index in [2.05, 4.69) is 30.2 Å². The van der Waals surface area contributed by atoms with Gasteiger partial charge in [0.2, 0.25) is 11.2 Å². The van der Waals surface area contributed by atoms with Crippen LogP contribution in [0.1, 0.15) is 71.7 Å². The van der Waals surface area contributed by atoms with E-state index in [-0.39, 0.29) is 12.0 Å². The number of nitrogens with zero attached hydrogens (tertiary/aromatic N) is 8. The van der Waals surface area contributed by atoms with Crippen LogP contribution in [0.2, 0.25) is 0 Å². The van der Waals surface area contributed by atoms with Gasteiger partial charge in [-0.25, -0.2) is 0 Å². The van der Waals surface area contributed by atoms with E-state index in [0.29, 0.717) is 55.4 Å². The summed E-state index contributed by atoms with van der Waals surface area (Å²) in [5.74, 6) is -1.49. The molecular formula is C37H42N10O4. The van der Waals surface area contributed by atoms with Gasteiger partial charge in [0.15, 0.2) is 5.79 Å². The minimum atomic E-state index is -0.719. The molecule has 0 spiro atoms. The molecule has 14 heteroatoms. The third kappa shape index (κ3) is 6.67. The number of aromatic nitrogens is 8. The van der Waals surface area contributed by atoms with Crippen LogP contribution in [0.4, 0.5) is 0 Å². The van der Waals surface area contributed by atoms with Gasteiger partial charge in [0, 0.05) is 31.7 Å². The lowest BCUT2D eigenvalue weighted by atomic mass is 10.1. The third-order valence-electron chi connectivity index (χ3n) is 8.89. The van der Waals surface area contributed by atoms with Gasteiger partial charge in [0.1, 0.15) is 17.5 Å². The van der Waals surface area contributed by atoms with Gasteiger partial charge in [-0.05, 0) is 71.9 Å². The van der Waals surface area contributed by atoms with Crippen molar-refractivity contribution in [3.8, 4) is 0 Å². The molecule has 4 aromatic heterocycles. The molecule has 2 aromatic carbocycles. The summed E-state index contributed by atoms with van der Waals surface area (Å²) in [4.78, 5) is 42.7. The standard InChI is InChI=1S/C37H42N10O4/c1-7-46-29(20-23(3)42-46)33(48)40-35-38-26-15-9-10-17-28(26)44(35)18-11-12-19-45-32-25(31-22-50-37(5,6)51-31)14-13-16-27(32)39-36(45)41-34(49)30-21-24(4)43-47(30)8-2/h9-17,20-21,31H,7-8,18-19,22H2,1-6H3,(H,38,40,48)(H,39,41,49)/b12-11+. The second kappa shape index (κ2) is 13.6. The van der Waals surface area contributed by atoms with Crippen LogP contribution in [-0.2, 0) is 35.7 Å². The van der Waals surface area contributed by atoms with Crippen LogP contribution < -0.4 is 11.2 Å². The summed E-state index contributed by atoms with van der Waals surface area (Å²) in [5.41, 5.74) is 7.56. The highest BCUT2D eigenvalue weighted by molar-refractivity contribution is 5.94. The number of ether oxygens (including phenoxy) is 2. The zero-order chi connectivity index (χ0) is 35.9. The molecule has 6 aromatic rings. The largest absolute Gasteiger partial charge is 0.347 e. The second-order valence-corrected chi connectivity index (χ2v) is 13.0. The number of hydrogen-bond donors (Lipinski definition) is 2. The smallest absolute Gasteiger partial charge is 0.298 e. The van der Waals surface area contributed by atoms with Crippen LogP contribution in [0.5, 0.6) is 0 Å². The van der Waals surface area contributed by atoms with Crippen molar-refractivity contribution in [3.63, 3.8) is 0 Å². The summed E-state index contributed by atoms with van der Waals surface area (Å²) in [6, 6.07) is 17.3. The van der Waals surface area contributed by atoms with Gasteiger partial charge in [0.25, 0.3) is 11.8 Å². The Labute approximate surface area is 293 Å². The van der Waals surface area contributed by atoms with Crippen LogP contribution in [0.3, 0.4) is 0 Å². The lowest BCUT2D eigenvalue weighted by Gasteiger charge is -2.18. The molecule has 5 heterocycles. The van der Waals surface area contributed by atoms with Gasteiger partial charge in [0.05, 0.1) is 40.1 Å². The molecule has 1 saturated heterocycles. The molecule has 14 nitrogen and oxygen atoms in total. The van der Waals surface area contributed by atoms with E-state index in [1.165, 1.54) is 0 Å². The molecule has 1 aliphatic heterocycles. The lowest BCUT2D eigenvalue weighted by Crippen LogP contribution is -2.23. The molecule has 0 saturated carbocycles. The number of fused-ring (bicyclic) bond motifs is 2. The maximum Gasteiger partial charge on any atom is 0.298 e. The Balaban J connectivity index is 1.27. The number of allylic oxidation sites excluding steroid dienone is 2. The van der Waals surface area contributed by atoms with Crippen molar-refractivity contribution in [2.24, 2.45) is 9.98 Å². The first kappa shape index (κ1) is 33.9. The maximum absolute atomic E-state index is 13.6. The summed E-state index contributed by atoms with van der Waals surface area (Å²) >= 11 is 0. The molecule has 1 fully saturated rings. The van der Waals surface area contributed by atoms with Crippen LogP contribution in [0.25, 0.3) is 22.1 Å². The van der Waals surface area contributed by atoms with Gasteiger partial charge in [-0.3, -0.25) is 19.0 Å². The molecule has 264 valence electrons. The number of para-hydroxylation sites is 3. The Hall–Kier alpha value is -5.60. The maximum atomic E-state index is 13.6. The first-order valence-electron chi connectivity index (χ1n) is 17.2. The molecule has 0 bridgehead atoms. The highest BCUT2D eigenvalue weighted by Gasteiger charge is 2.35. The monoisotopic (exact) mass is 690 g/mol. The van der Waals surface area contributed by atoms with Gasteiger partial charge in [-0.1, -0.05) is 36.4 Å². The van der Waals surface area contributed by atoms with Crippen molar-refractivity contribution in [1.82, 2.24) is 38.7 Å². The number of aryl methyl sites for hydroxylation is 4. The van der Waals surface area contributed by atoms with Gasteiger partial charge in [-0.2, -0.15) is 20.2 Å². The number of hydrogen-bond acceptors (Lipinski definition) is 6. The molecule has 1 unspecified atom stereocenters. The molecule has 2 amide bonds. The summed E-state index contributed by atoms with van der Waals surface area (Å²) in [6.07, 6.45) is 3.72. The number of benzene rings is 2. The first-order chi connectivity index (χ1) is 24.5. The minimum Gasteiger partial charge on any atom is -0.347 e. The summed E-state index contributed by atoms with van der Waals surface area (Å²) < 4.78 is 19.5. The summed E-state index contributed by atoms with van der Waals surface area (Å²) in [7, 11) is 0. The van der Waals surface area contributed by atoms with Crippen molar-refractivity contribution in [1.29, 1.82) is 0 Å². The fourth-order valence-electron chi connectivity index (χ4n) is 6.60. The van der Waals surface area contributed by atoms with E-state index < -0.39 is 11.7 Å². The molecule has 1 atom stereocenters. The number of amides is 2. The molecule has 0 radical (unpaired) electrons. The number of aromatic amines is 2. The Bertz CT molecular complexity index is 2450. The van der Waals surface area contributed by atoms with Gasteiger partial charge in [-0.15, -0.1) is 0 Å². The Morgan fingerprint density at radius 2 is 1.41 bits per heavy atom. The van der Waals surface area contributed by atoms with Gasteiger partial charge >= 0.3 is 0 Å². The van der Waals surface area contributed by atoms with Crippen molar-refractivity contribution < 1.29 is 19.1 Å². The Morgan fingerprint density at radius 3 is 2.02 bits per heavy atom. The third-order valence-corrected chi connectivity index (χ3v) is 8.89. The molecule has 1 aliphatic rings. The number of rotatable bonds is 9. The molecular weight excluding hydrogens is 648 g/mol. The predicted octanol–water partition coefficient (Wildman–Crippen LogP) is 4.86. The van der Waals surface area contributed by atoms with E-state index in [9.17, 15) is 9.59 Å². The number of carbonyl (C=O) groups is 2. The number of carbonyl (C=O) groups excluding carboxylic acids is 2. The average Bonchev–Trinajstić information content (AvgIpc) is 3.92. The fourth-order valence-corrected chi connectivity index (χ4v) is 6.60. The van der Waals surface area contributed by atoms with Gasteiger partial charge < -0.3 is 28.6 Å². The van der Waals surface area contributed by atoms with Crippen LogP contribution in [0, 0.1) is 13.8 Å². The molecule has 7 rings (SSSR count). The van der Waals surface area contributed by atoms with E-state index in [1.54, 1.807) is 21.5 Å². The van der Waals surface area contributed by atoms with E-state index in [1.807, 2.05) is 105 Å². The number of nitrogens with one attached hydrogen (secondary N) is 2. The van der Waals surface area contributed by atoms with Crippen molar-refractivity contribution >= 4 is 33.9 Å². The van der Waals surface area contributed by atoms with E-state index >= 15 is 0 Å². The predicted molar refractivity (Wildman–Crippen MR) is 191 cm³/mol. The fraction of sp³-hybridized carbons (Fsp3) is 0.351. The van der Waals surface area contributed by atoms with Crippen molar-refractivity contribution in [3.05, 3.63) is 106 Å². The van der Waals surface area contributed by atoms with Crippen molar-refractivity contribution in [2.75, 3.05) is 6.61 Å². The van der Waals surface area contributed by atoms with Crippen LogP contribution in [0.15, 0.2) is 76.7 Å². The number of imidazole rings is 2. The van der Waals surface area contributed by atoms with Crippen LogP contribution >= 0.6 is 0 Å². The highest BCUT2D eigenvalue weighted by Crippen LogP contribution is 2.35. The molecule has 51 heavy (non-hydrogen) atoms. The Kier molecular flexibility index (Phi) is 9.04. The summed E-state index contributed by atoms with van der Waals surface area (Å²) in [5, 5.41) is 8.84. The quantitative estimate of drug-likeness (QED) is 0.207. The SMILES string of the molecule is CCn1nc(C)cc1C(=O)/N=c1\[nH]c2ccccc2n1C/C=C/Cn1/c(=N/C(=O)c2cc(C)nn2CC)[nH]c2cccc(C3COC(C)(C)O3)c21. The lowest BCUT2D eigenvalue weighted by molar-refractivity contribution is -0.138. The Morgan fingerprint density at radius 1 is 0.843 bits per heavy atom. The number of H-pyrrole nitrogens is 2. The average molecular weight is 691 g/mol. The second-order valence-electron chi connectivity index (χ2n) is 13.0. The van der Waals surface area contributed by atoms with Crippen molar-refractivity contribution in [2.45, 2.75) is 79.6 Å². The normalized spacial score (nSPS) is 16.8. The molecule has 2 N–H and O–H groups in total. The zero-order valence-corrected chi connectivity index (χ0v) is 29.7. The summed E-state index contributed by atoms with van der Waals surface area (Å²) in [6.45, 7) is 13.7. The van der Waals surface area contributed by atoms with E-state index in [4.69, 9.17) is 9.47 Å². The highest BCUT2D eigenvalue weighted by atomic mass is 16.7. The van der Waals surface area contributed by atoms with Crippen LogP contribution in [-0.4, -0.2) is 62.9 Å². The topological polar surface area (TPSA) is 154 Å². The minimum absolute atomic E-state index is 0.307. The van der Waals surface area contributed by atoms with E-state index in [0.717, 1.165) is 39.0 Å². The zero-order valence-electron chi connectivity index (χ0n) is 29.7. The molecule has 0 aliphatic carbocycles. The first-order valence-corrected chi connectivity index (χ1v) is 17.2.